The van der Waals surface area contributed by atoms with E-state index in [1.165, 1.54) is 12.1 Å². The number of ether oxygens (including phenoxy) is 3. The number of fused-ring (bicyclic) bond motifs is 8. The highest BCUT2D eigenvalue weighted by Crippen LogP contribution is 2.44. The first kappa shape index (κ1) is 33.8. The van der Waals surface area contributed by atoms with E-state index in [9.17, 15) is 19.8 Å². The van der Waals surface area contributed by atoms with Crippen LogP contribution in [0.4, 0.5) is 14.6 Å². The number of hydrogen-bond donors (Lipinski definition) is 3. The Kier molecular flexibility index (Phi) is 9.03. The standard InChI is InChI=1S/C36H36ClF2N5O7/c37-26-12-25-31(30(39)29(26)24-11-22(46)10-18-4-1-2-6-23(18)24)41-36(42-33(25)43-13-19-5-3-7-28(43)32(40-19)35(47)48)50-16-27(38)34(51-17-45)44-20-8-9-21(44)15-49-14-20/h1-2,4,6,10-12,17,19-21,27-28,32,34,40,46H,3,5,7-9,13-16H2,(H,47,48). The van der Waals surface area contributed by atoms with Gasteiger partial charge in [0.05, 0.1) is 24.3 Å². The van der Waals surface area contributed by atoms with Crippen molar-refractivity contribution in [2.24, 2.45) is 0 Å². The number of hydrogen-bond acceptors (Lipinski definition) is 11. The van der Waals surface area contributed by atoms with E-state index in [1.807, 2.05) is 9.80 Å². The molecule has 0 spiro atoms. The van der Waals surface area contributed by atoms with Crippen LogP contribution in [0.15, 0.2) is 42.5 Å². The summed E-state index contributed by atoms with van der Waals surface area (Å²) in [5.74, 6) is -1.73. The van der Waals surface area contributed by atoms with Gasteiger partial charge in [0.1, 0.15) is 29.7 Å². The number of aliphatic carboxylic acids is 1. The summed E-state index contributed by atoms with van der Waals surface area (Å²) in [6.45, 7) is 0.749. The zero-order chi connectivity index (χ0) is 35.4. The van der Waals surface area contributed by atoms with Crippen LogP contribution in [0.1, 0.15) is 32.1 Å². The van der Waals surface area contributed by atoms with E-state index in [-0.39, 0.29) is 63.7 Å². The minimum absolute atomic E-state index is 0.0139. The quantitative estimate of drug-likeness (QED) is 0.193. The van der Waals surface area contributed by atoms with Crippen molar-refractivity contribution in [3.63, 3.8) is 0 Å². The van der Waals surface area contributed by atoms with Crippen LogP contribution in [0, 0.1) is 5.82 Å². The van der Waals surface area contributed by atoms with Crippen LogP contribution in [-0.4, -0.2) is 106 Å². The van der Waals surface area contributed by atoms with Gasteiger partial charge in [-0.2, -0.15) is 9.97 Å². The fourth-order valence-corrected chi connectivity index (χ4v) is 8.72. The number of aromatic hydroxyl groups is 1. The smallest absolute Gasteiger partial charge is 0.322 e. The average molecular weight is 724 g/mol. The molecule has 5 fully saturated rings. The number of carboxylic acids is 1. The van der Waals surface area contributed by atoms with E-state index in [0.29, 0.717) is 42.5 Å². The summed E-state index contributed by atoms with van der Waals surface area (Å²) in [6, 6.07) is 9.48. The van der Waals surface area contributed by atoms with Crippen molar-refractivity contribution in [3.05, 3.63) is 53.3 Å². The lowest BCUT2D eigenvalue weighted by molar-refractivity contribution is -0.171. The number of carbonyl (C=O) groups excluding carboxylic acids is 1. The molecule has 9 rings (SSSR count). The Morgan fingerprint density at radius 1 is 1.12 bits per heavy atom. The number of rotatable bonds is 10. The normalized spacial score (nSPS) is 25.9. The molecular formula is C36H36ClF2N5O7. The Morgan fingerprint density at radius 2 is 1.90 bits per heavy atom. The van der Waals surface area contributed by atoms with Crippen LogP contribution >= 0.6 is 11.6 Å². The lowest BCUT2D eigenvalue weighted by atomic mass is 9.95. The molecule has 15 heteroatoms. The summed E-state index contributed by atoms with van der Waals surface area (Å²) in [4.78, 5) is 36.6. The summed E-state index contributed by atoms with van der Waals surface area (Å²) in [6.07, 6.45) is 0.521. The SMILES string of the molecule is O=COC(C(F)COc1nc(N2CC3CCCC2C(C(=O)O)N3)c2cc(Cl)c(-c3cc(O)cc4ccccc34)c(F)c2n1)N1C2CCC1COC2. The molecule has 12 nitrogen and oxygen atoms in total. The number of carbonyl (C=O) groups is 2. The molecule has 268 valence electrons. The van der Waals surface area contributed by atoms with Gasteiger partial charge in [-0.15, -0.1) is 0 Å². The molecule has 0 aliphatic carbocycles. The van der Waals surface area contributed by atoms with Crippen molar-refractivity contribution in [3.8, 4) is 22.9 Å². The third-order valence-electron chi connectivity index (χ3n) is 10.6. The van der Waals surface area contributed by atoms with Gasteiger partial charge >= 0.3 is 12.0 Å². The molecule has 0 saturated carbocycles. The number of nitrogens with one attached hydrogen (secondary N) is 1. The molecule has 7 unspecified atom stereocenters. The summed E-state index contributed by atoms with van der Waals surface area (Å²) in [5, 5.41) is 25.5. The Morgan fingerprint density at radius 3 is 2.67 bits per heavy atom. The first-order valence-corrected chi connectivity index (χ1v) is 17.5. The number of benzene rings is 3. The third-order valence-corrected chi connectivity index (χ3v) is 10.9. The molecule has 0 amide bonds. The van der Waals surface area contributed by atoms with Gasteiger partial charge in [0.25, 0.3) is 6.47 Å². The predicted octanol–water partition coefficient (Wildman–Crippen LogP) is 4.81. The number of halogens is 3. The molecule has 5 aliphatic heterocycles. The van der Waals surface area contributed by atoms with Crippen molar-refractivity contribution >= 4 is 51.5 Å². The maximum atomic E-state index is 17.1. The average Bonchev–Trinajstić information content (AvgIpc) is 3.32. The molecule has 5 aliphatic rings. The highest BCUT2D eigenvalue weighted by atomic mass is 35.5. The third kappa shape index (κ3) is 6.07. The van der Waals surface area contributed by atoms with Crippen molar-refractivity contribution in [2.45, 2.75) is 74.7 Å². The minimum Gasteiger partial charge on any atom is -0.508 e. The van der Waals surface area contributed by atoms with E-state index in [0.717, 1.165) is 25.7 Å². The van der Waals surface area contributed by atoms with E-state index < -0.39 is 42.9 Å². The highest BCUT2D eigenvalue weighted by Gasteiger charge is 2.46. The molecular weight excluding hydrogens is 688 g/mol. The van der Waals surface area contributed by atoms with E-state index >= 15 is 8.78 Å². The van der Waals surface area contributed by atoms with Gasteiger partial charge in [0, 0.05) is 35.6 Å². The number of aromatic nitrogens is 2. The monoisotopic (exact) mass is 723 g/mol. The van der Waals surface area contributed by atoms with Gasteiger partial charge in [-0.3, -0.25) is 19.8 Å². The fourth-order valence-electron chi connectivity index (χ4n) is 8.42. The lowest BCUT2D eigenvalue weighted by Gasteiger charge is -2.42. The zero-order valence-corrected chi connectivity index (χ0v) is 28.1. The van der Waals surface area contributed by atoms with Crippen molar-refractivity contribution in [2.75, 3.05) is 31.3 Å². The molecule has 1 aromatic heterocycles. The molecule has 51 heavy (non-hydrogen) atoms. The number of phenols is 1. The van der Waals surface area contributed by atoms with Crippen LogP contribution in [-0.2, 0) is 19.1 Å². The molecule has 3 aromatic carbocycles. The van der Waals surface area contributed by atoms with Gasteiger partial charge in [0.15, 0.2) is 18.2 Å². The van der Waals surface area contributed by atoms with Gasteiger partial charge in [-0.05, 0) is 66.6 Å². The van der Waals surface area contributed by atoms with Crippen molar-refractivity contribution in [1.82, 2.24) is 20.2 Å². The maximum Gasteiger partial charge on any atom is 0.322 e. The highest BCUT2D eigenvalue weighted by molar-refractivity contribution is 6.35. The molecule has 4 aromatic rings. The zero-order valence-electron chi connectivity index (χ0n) is 27.4. The fraction of sp³-hybridized carbons (Fsp3) is 0.444. The number of anilines is 1. The second kappa shape index (κ2) is 13.6. The van der Waals surface area contributed by atoms with Gasteiger partial charge in [-0.1, -0.05) is 35.9 Å². The van der Waals surface area contributed by atoms with Crippen LogP contribution in [0.5, 0.6) is 11.8 Å². The summed E-state index contributed by atoms with van der Waals surface area (Å²) >= 11 is 6.87. The largest absolute Gasteiger partial charge is 0.508 e. The molecule has 6 heterocycles. The Labute approximate surface area is 296 Å². The number of morpholine rings is 1. The van der Waals surface area contributed by atoms with E-state index in [2.05, 4.69) is 15.3 Å². The number of carboxylic acid groups (broad SMARTS) is 1. The Bertz CT molecular complexity index is 1990. The molecule has 5 saturated heterocycles. The summed E-state index contributed by atoms with van der Waals surface area (Å²) < 4.78 is 49.8. The number of piperazine rings is 1. The van der Waals surface area contributed by atoms with Crippen molar-refractivity contribution < 1.29 is 42.8 Å². The topological polar surface area (TPSA) is 147 Å². The number of nitrogens with zero attached hydrogens (tertiary/aromatic N) is 4. The number of phenolic OH excluding ortho intramolecular Hbond substituents is 1. The van der Waals surface area contributed by atoms with E-state index in [4.69, 9.17) is 25.8 Å². The Hall–Kier alpha value is -4.37. The van der Waals surface area contributed by atoms with Crippen LogP contribution < -0.4 is 15.0 Å². The summed E-state index contributed by atoms with van der Waals surface area (Å²) in [5.41, 5.74) is 0.142. The van der Waals surface area contributed by atoms with E-state index in [1.54, 1.807) is 30.3 Å². The first-order valence-electron chi connectivity index (χ1n) is 17.1. The number of alkyl halides is 1. The van der Waals surface area contributed by atoms with Gasteiger partial charge in [-0.25, -0.2) is 8.78 Å². The first-order chi connectivity index (χ1) is 24.7. The molecule has 0 radical (unpaired) electrons. The predicted molar refractivity (Wildman–Crippen MR) is 183 cm³/mol. The van der Waals surface area contributed by atoms with Crippen LogP contribution in [0.2, 0.25) is 5.02 Å². The van der Waals surface area contributed by atoms with Crippen molar-refractivity contribution in [1.29, 1.82) is 0 Å². The second-order valence-electron chi connectivity index (χ2n) is 13.6. The van der Waals surface area contributed by atoms with Crippen LogP contribution in [0.25, 0.3) is 32.8 Å². The molecule has 7 atom stereocenters. The summed E-state index contributed by atoms with van der Waals surface area (Å²) in [7, 11) is 0. The second-order valence-corrected chi connectivity index (χ2v) is 14.0. The Balaban J connectivity index is 1.23. The maximum absolute atomic E-state index is 17.1. The minimum atomic E-state index is -1.82. The van der Waals surface area contributed by atoms with Crippen LogP contribution in [0.3, 0.4) is 0 Å². The van der Waals surface area contributed by atoms with Gasteiger partial charge in [0.2, 0.25) is 0 Å². The molecule has 4 bridgehead atoms. The molecule has 3 N–H and O–H groups in total. The van der Waals surface area contributed by atoms with Gasteiger partial charge < -0.3 is 29.3 Å². The lowest BCUT2D eigenvalue weighted by Crippen LogP contribution is -2.63.